The Kier molecular flexibility index (Phi) is 73.9. The minimum Gasteiger partial charge on any atom is -0.462 e. The van der Waals surface area contributed by atoms with Crippen molar-refractivity contribution in [1.82, 2.24) is 0 Å². The molecule has 9 nitrogen and oxygen atoms in total. The Labute approximate surface area is 564 Å². The fourth-order valence-corrected chi connectivity index (χ4v) is 12.3. The maximum absolute atomic E-state index is 12.8. The second kappa shape index (κ2) is 76.2. The molecule has 0 amide bonds. The number of carbonyl (C=O) groups is 2. The highest BCUT2D eigenvalue weighted by Crippen LogP contribution is 2.43. The summed E-state index contributed by atoms with van der Waals surface area (Å²) >= 11 is 0. The van der Waals surface area contributed by atoms with Gasteiger partial charge in [0.15, 0.2) is 6.10 Å². The van der Waals surface area contributed by atoms with Crippen LogP contribution in [-0.2, 0) is 32.7 Å². The van der Waals surface area contributed by atoms with Crippen LogP contribution < -0.4 is 5.73 Å². The molecule has 0 bridgehead atoms. The van der Waals surface area contributed by atoms with Gasteiger partial charge in [0.25, 0.3) is 0 Å². The Hall–Kier alpha value is -2.81. The lowest BCUT2D eigenvalue weighted by Gasteiger charge is -2.19. The Morgan fingerprint density at radius 1 is 0.341 bits per heavy atom. The van der Waals surface area contributed by atoms with E-state index in [9.17, 15) is 19.0 Å². The Morgan fingerprint density at radius 3 is 0.901 bits per heavy atom. The fourth-order valence-electron chi connectivity index (χ4n) is 11.6. The summed E-state index contributed by atoms with van der Waals surface area (Å²) in [6, 6.07) is 0. The van der Waals surface area contributed by atoms with Crippen molar-refractivity contribution in [2.24, 2.45) is 5.73 Å². The van der Waals surface area contributed by atoms with E-state index in [4.69, 9.17) is 24.3 Å². The van der Waals surface area contributed by atoms with Crippen LogP contribution in [0.2, 0.25) is 0 Å². The summed E-state index contributed by atoms with van der Waals surface area (Å²) in [5.74, 6) is -0.808. The highest BCUT2D eigenvalue weighted by Gasteiger charge is 2.26. The van der Waals surface area contributed by atoms with Gasteiger partial charge in [0, 0.05) is 19.4 Å². The van der Waals surface area contributed by atoms with Crippen molar-refractivity contribution in [1.29, 1.82) is 0 Å². The van der Waals surface area contributed by atoms with Gasteiger partial charge < -0.3 is 20.1 Å². The van der Waals surface area contributed by atoms with Crippen molar-refractivity contribution < 1.29 is 37.6 Å². The number of hydrogen-bond donors (Lipinski definition) is 2. The number of nitrogens with two attached hydrogens (primary N) is 1. The summed E-state index contributed by atoms with van der Waals surface area (Å²) in [4.78, 5) is 35.4. The van der Waals surface area contributed by atoms with Gasteiger partial charge in [-0.3, -0.25) is 18.6 Å². The molecule has 0 aromatic carbocycles. The number of phosphoric acid groups is 1. The van der Waals surface area contributed by atoms with Crippen LogP contribution in [0.5, 0.6) is 0 Å². The lowest BCUT2D eigenvalue weighted by molar-refractivity contribution is -0.161. The quantitative estimate of drug-likeness (QED) is 0.0264. The zero-order chi connectivity index (χ0) is 65.8. The summed E-state index contributed by atoms with van der Waals surface area (Å²) in [6.45, 7) is 3.70. The number of ether oxygens (including phenoxy) is 2. The molecule has 530 valence electrons. The first-order valence-corrected chi connectivity index (χ1v) is 40.6. The highest BCUT2D eigenvalue weighted by molar-refractivity contribution is 7.47. The molecule has 0 aliphatic rings. The molecule has 91 heavy (non-hydrogen) atoms. The molecule has 0 spiro atoms. The maximum Gasteiger partial charge on any atom is 0.472 e. The Balaban J connectivity index is 3.80. The number of esters is 2. The molecule has 0 fully saturated rings. The normalized spacial score (nSPS) is 13.3. The van der Waals surface area contributed by atoms with Gasteiger partial charge in [0.2, 0.25) is 0 Å². The van der Waals surface area contributed by atoms with E-state index in [0.29, 0.717) is 6.42 Å². The molecule has 3 N–H and O–H groups in total. The molecule has 0 aliphatic carbocycles. The monoisotopic (exact) mass is 1290 g/mol. The van der Waals surface area contributed by atoms with E-state index in [0.717, 1.165) is 83.5 Å². The van der Waals surface area contributed by atoms with Gasteiger partial charge in [0.05, 0.1) is 13.2 Å². The number of carbonyl (C=O) groups excluding carboxylic acids is 2. The van der Waals surface area contributed by atoms with E-state index >= 15 is 0 Å². The highest BCUT2D eigenvalue weighted by atomic mass is 31.2. The van der Waals surface area contributed by atoms with E-state index < -0.39 is 26.5 Å². The summed E-state index contributed by atoms with van der Waals surface area (Å²) in [7, 11) is -4.40. The topological polar surface area (TPSA) is 134 Å². The largest absolute Gasteiger partial charge is 0.472 e. The lowest BCUT2D eigenvalue weighted by atomic mass is 10.0. The van der Waals surface area contributed by atoms with Gasteiger partial charge in [-0.05, 0) is 70.6 Å². The van der Waals surface area contributed by atoms with Gasteiger partial charge in [-0.15, -0.1) is 0 Å². The molecular weight excluding hydrogens is 1150 g/mol. The second-order valence-electron chi connectivity index (χ2n) is 26.2. The van der Waals surface area contributed by atoms with E-state index in [1.54, 1.807) is 0 Å². The van der Waals surface area contributed by atoms with Gasteiger partial charge in [-0.25, -0.2) is 4.57 Å². The summed E-state index contributed by atoms with van der Waals surface area (Å²) in [5, 5.41) is 0. The van der Waals surface area contributed by atoms with E-state index in [2.05, 4.69) is 98.9 Å². The van der Waals surface area contributed by atoms with Gasteiger partial charge in [0.1, 0.15) is 6.61 Å². The zero-order valence-corrected chi connectivity index (χ0v) is 60.7. The number of phosphoric ester groups is 1. The summed E-state index contributed by atoms with van der Waals surface area (Å²) < 4.78 is 33.3. The van der Waals surface area contributed by atoms with Crippen LogP contribution in [0.15, 0.2) is 85.1 Å². The number of hydrogen-bond acceptors (Lipinski definition) is 8. The molecule has 0 aromatic rings. The van der Waals surface area contributed by atoms with Crippen molar-refractivity contribution in [3.63, 3.8) is 0 Å². The van der Waals surface area contributed by atoms with Crippen LogP contribution in [0.1, 0.15) is 386 Å². The third-order valence-corrected chi connectivity index (χ3v) is 18.3. The van der Waals surface area contributed by atoms with Crippen molar-refractivity contribution in [2.75, 3.05) is 26.4 Å². The van der Waals surface area contributed by atoms with Crippen LogP contribution in [0, 0.1) is 0 Å². The number of unbranched alkanes of at least 4 members (excludes halogenated alkanes) is 47. The average Bonchev–Trinajstić information content (AvgIpc) is 3.71. The Bertz CT molecular complexity index is 1770. The second-order valence-corrected chi connectivity index (χ2v) is 27.7. The predicted molar refractivity (Wildman–Crippen MR) is 395 cm³/mol. The minimum atomic E-state index is -4.40. The predicted octanol–water partition coefficient (Wildman–Crippen LogP) is 26.1. The number of allylic oxidation sites excluding steroid dienone is 14. The molecule has 0 rings (SSSR count). The molecule has 0 aromatic heterocycles. The summed E-state index contributed by atoms with van der Waals surface area (Å²) in [6.07, 6.45) is 103. The average molecular weight is 1300 g/mol. The first-order valence-electron chi connectivity index (χ1n) is 39.1. The maximum atomic E-state index is 12.8. The minimum absolute atomic E-state index is 0.0539. The smallest absolute Gasteiger partial charge is 0.462 e. The molecule has 2 unspecified atom stereocenters. The van der Waals surface area contributed by atoms with Crippen molar-refractivity contribution in [2.45, 2.75) is 392 Å². The first kappa shape index (κ1) is 88.2. The molecule has 0 heterocycles. The fraction of sp³-hybridized carbons (Fsp3) is 0.802. The van der Waals surface area contributed by atoms with E-state index in [-0.39, 0.29) is 38.6 Å². The van der Waals surface area contributed by atoms with Crippen LogP contribution >= 0.6 is 7.82 Å². The van der Waals surface area contributed by atoms with E-state index in [1.807, 2.05) is 0 Å². The first-order chi connectivity index (χ1) is 44.8. The molecule has 0 aliphatic heterocycles. The summed E-state index contributed by atoms with van der Waals surface area (Å²) in [5.41, 5.74) is 5.41. The molecule has 0 radical (unpaired) electrons. The van der Waals surface area contributed by atoms with Crippen LogP contribution in [0.4, 0.5) is 0 Å². The Morgan fingerprint density at radius 2 is 0.604 bits per heavy atom. The molecular formula is C81H148NO8P. The van der Waals surface area contributed by atoms with E-state index in [1.165, 1.54) is 270 Å². The zero-order valence-electron chi connectivity index (χ0n) is 59.8. The molecule has 0 saturated heterocycles. The molecule has 10 heteroatoms. The SMILES string of the molecule is CC/C=C\C/C=C\C/C=C\C/C=C\C/C=C\C/C=C\C/C=C\CCCCCCCCCCCCCCCCCCCC(=O)OC(COC(=O)CCCCCCCCCCCCCCCCCCCCCCCCCCCCCCCCC)COP(=O)(O)OCCN. The van der Waals surface area contributed by atoms with Gasteiger partial charge in [-0.2, -0.15) is 0 Å². The molecule has 0 saturated carbocycles. The molecule has 2 atom stereocenters. The van der Waals surface area contributed by atoms with Crippen molar-refractivity contribution in [3.05, 3.63) is 85.1 Å². The third-order valence-electron chi connectivity index (χ3n) is 17.3. The van der Waals surface area contributed by atoms with Crippen molar-refractivity contribution in [3.8, 4) is 0 Å². The van der Waals surface area contributed by atoms with Crippen LogP contribution in [0.25, 0.3) is 0 Å². The standard InChI is InChI=1S/C81H148NO8P/c1-3-5-7-9-11-13-15-17-19-21-23-25-27-29-31-33-35-36-37-38-39-40-41-42-44-46-48-50-52-54-56-58-60-62-64-66-68-70-72-74-81(84)90-79(78-89-91(85,86)88-76-75-82)77-87-80(83)73-71-69-67-65-63-61-59-57-55-53-51-49-47-45-43-34-32-30-28-26-24-22-20-18-16-14-12-10-8-6-4-2/h5,7,11,13,17,19,23,25,29,31,35-36,38-39,79H,3-4,6,8-10,12,14-16,18,20-22,24,26-28,30,32-34,37,40-78,82H2,1-2H3,(H,85,86)/b7-5-,13-11-,19-17-,25-23-,31-29-,36-35-,39-38-. The third kappa shape index (κ3) is 76.1. The lowest BCUT2D eigenvalue weighted by Crippen LogP contribution is -2.29. The van der Waals surface area contributed by atoms with Crippen LogP contribution in [0.3, 0.4) is 0 Å². The van der Waals surface area contributed by atoms with Gasteiger partial charge in [-0.1, -0.05) is 388 Å². The van der Waals surface area contributed by atoms with Crippen molar-refractivity contribution >= 4 is 19.8 Å². The number of rotatable bonds is 74. The van der Waals surface area contributed by atoms with Crippen LogP contribution in [-0.4, -0.2) is 49.3 Å². The van der Waals surface area contributed by atoms with Gasteiger partial charge >= 0.3 is 19.8 Å².